The molecule has 4 heteroatoms. The molecule has 1 saturated carbocycles. The Morgan fingerprint density at radius 3 is 1.75 bits per heavy atom. The molecule has 0 N–H and O–H groups in total. The quantitative estimate of drug-likeness (QED) is 0.554. The van der Waals surface area contributed by atoms with Crippen LogP contribution in [-0.4, -0.2) is 25.2 Å². The summed E-state index contributed by atoms with van der Waals surface area (Å²) >= 11 is 0. The predicted octanol–water partition coefficient (Wildman–Crippen LogP) is 3.18. The Labute approximate surface area is 120 Å². The Morgan fingerprint density at radius 2 is 1.35 bits per heavy atom. The number of carbonyl (C=O) groups is 2. The number of ether oxygens (including phenoxy) is 2. The molecule has 0 saturated heterocycles. The van der Waals surface area contributed by atoms with Crippen molar-refractivity contribution in [1.82, 2.24) is 0 Å². The molecule has 0 aliphatic heterocycles. The summed E-state index contributed by atoms with van der Waals surface area (Å²) in [6, 6.07) is 0. The third kappa shape index (κ3) is 5.59. The van der Waals surface area contributed by atoms with Gasteiger partial charge in [0, 0.05) is 17.6 Å². The first-order chi connectivity index (χ1) is 9.62. The van der Waals surface area contributed by atoms with E-state index < -0.39 is 0 Å². The van der Waals surface area contributed by atoms with Crippen molar-refractivity contribution in [3.05, 3.63) is 24.3 Å². The Hall–Kier alpha value is -1.58. The van der Waals surface area contributed by atoms with Gasteiger partial charge in [-0.1, -0.05) is 31.4 Å². The third-order valence-corrected chi connectivity index (χ3v) is 3.46. The summed E-state index contributed by atoms with van der Waals surface area (Å²) in [4.78, 5) is 22.9. The molecule has 0 aromatic rings. The molecular weight excluding hydrogens is 256 g/mol. The van der Waals surface area contributed by atoms with E-state index in [1.807, 2.05) is 12.2 Å². The van der Waals surface area contributed by atoms with Crippen molar-refractivity contribution in [3.8, 4) is 0 Å². The van der Waals surface area contributed by atoms with Gasteiger partial charge in [0.1, 0.15) is 0 Å². The van der Waals surface area contributed by atoms with Gasteiger partial charge in [-0.15, -0.1) is 0 Å². The monoisotopic (exact) mass is 280 g/mol. The predicted molar refractivity (Wildman–Crippen MR) is 77.1 cm³/mol. The average molecular weight is 280 g/mol. The highest BCUT2D eigenvalue weighted by Crippen LogP contribution is 2.39. The van der Waals surface area contributed by atoms with E-state index in [-0.39, 0.29) is 17.4 Å². The summed E-state index contributed by atoms with van der Waals surface area (Å²) in [6.45, 7) is 4.30. The Kier molecular flexibility index (Phi) is 7.05. The molecule has 0 atom stereocenters. The molecule has 0 aromatic carbocycles. The minimum atomic E-state index is -0.331. The SMILES string of the molecule is CCOC(=O)/C=C/C1(/C=C/C(=O)OCC)CCCCC1. The largest absolute Gasteiger partial charge is 0.463 e. The zero-order valence-electron chi connectivity index (χ0n) is 12.4. The van der Waals surface area contributed by atoms with Gasteiger partial charge >= 0.3 is 11.9 Å². The van der Waals surface area contributed by atoms with Crippen molar-refractivity contribution in [3.63, 3.8) is 0 Å². The second kappa shape index (κ2) is 8.56. The summed E-state index contributed by atoms with van der Waals surface area (Å²) in [6.07, 6.45) is 12.0. The number of allylic oxidation sites excluding steroid dienone is 2. The third-order valence-electron chi connectivity index (χ3n) is 3.46. The Balaban J connectivity index is 2.75. The van der Waals surface area contributed by atoms with Crippen LogP contribution >= 0.6 is 0 Å². The van der Waals surface area contributed by atoms with Crippen LogP contribution < -0.4 is 0 Å². The molecule has 0 radical (unpaired) electrons. The van der Waals surface area contributed by atoms with Gasteiger partial charge in [-0.05, 0) is 26.7 Å². The van der Waals surface area contributed by atoms with Gasteiger partial charge in [0.05, 0.1) is 13.2 Å². The second-order valence-corrected chi connectivity index (χ2v) is 4.96. The molecule has 0 aromatic heterocycles. The maximum absolute atomic E-state index is 11.4. The standard InChI is InChI=1S/C16H24O4/c1-3-19-14(17)8-12-16(10-6-5-7-11-16)13-9-15(18)20-4-2/h8-9,12-13H,3-7,10-11H2,1-2H3/b12-8+,13-9+. The van der Waals surface area contributed by atoms with E-state index >= 15 is 0 Å². The van der Waals surface area contributed by atoms with Gasteiger partial charge < -0.3 is 9.47 Å². The molecule has 1 fully saturated rings. The topological polar surface area (TPSA) is 52.6 Å². The fraction of sp³-hybridized carbons (Fsp3) is 0.625. The lowest BCUT2D eigenvalue weighted by Gasteiger charge is -2.31. The summed E-state index contributed by atoms with van der Waals surface area (Å²) in [5, 5.41) is 0. The molecule has 0 bridgehead atoms. The highest BCUT2D eigenvalue weighted by molar-refractivity contribution is 5.83. The maximum atomic E-state index is 11.4. The van der Waals surface area contributed by atoms with Crippen LogP contribution in [0.4, 0.5) is 0 Å². The van der Waals surface area contributed by atoms with E-state index in [1.54, 1.807) is 13.8 Å². The second-order valence-electron chi connectivity index (χ2n) is 4.96. The highest BCUT2D eigenvalue weighted by Gasteiger charge is 2.27. The smallest absolute Gasteiger partial charge is 0.330 e. The van der Waals surface area contributed by atoms with Crippen molar-refractivity contribution in [2.24, 2.45) is 5.41 Å². The number of hydrogen-bond donors (Lipinski definition) is 0. The van der Waals surface area contributed by atoms with Crippen LogP contribution in [0.15, 0.2) is 24.3 Å². The van der Waals surface area contributed by atoms with Crippen LogP contribution in [0, 0.1) is 5.41 Å². The lowest BCUT2D eigenvalue weighted by atomic mass is 9.73. The van der Waals surface area contributed by atoms with Crippen LogP contribution in [0.3, 0.4) is 0 Å². The van der Waals surface area contributed by atoms with Gasteiger partial charge in [0.15, 0.2) is 0 Å². The molecule has 0 amide bonds. The molecule has 0 heterocycles. The van der Waals surface area contributed by atoms with Gasteiger partial charge in [-0.25, -0.2) is 9.59 Å². The van der Waals surface area contributed by atoms with Crippen LogP contribution in [0.1, 0.15) is 46.0 Å². The summed E-state index contributed by atoms with van der Waals surface area (Å²) in [7, 11) is 0. The molecule has 0 spiro atoms. The molecule has 4 nitrogen and oxygen atoms in total. The molecule has 20 heavy (non-hydrogen) atoms. The first kappa shape index (κ1) is 16.5. The van der Waals surface area contributed by atoms with Crippen molar-refractivity contribution < 1.29 is 19.1 Å². The van der Waals surface area contributed by atoms with E-state index in [9.17, 15) is 9.59 Å². The van der Waals surface area contributed by atoms with Crippen molar-refractivity contribution in [2.75, 3.05) is 13.2 Å². The number of carbonyl (C=O) groups excluding carboxylic acids is 2. The van der Waals surface area contributed by atoms with Crippen molar-refractivity contribution in [2.45, 2.75) is 46.0 Å². The number of esters is 2. The van der Waals surface area contributed by atoms with E-state index in [0.29, 0.717) is 13.2 Å². The van der Waals surface area contributed by atoms with Crippen LogP contribution in [0.5, 0.6) is 0 Å². The fourth-order valence-electron chi connectivity index (χ4n) is 2.45. The van der Waals surface area contributed by atoms with E-state index in [1.165, 1.54) is 18.6 Å². The maximum Gasteiger partial charge on any atom is 0.330 e. The Bertz CT molecular complexity index is 346. The van der Waals surface area contributed by atoms with Crippen LogP contribution in [0.2, 0.25) is 0 Å². The first-order valence-corrected chi connectivity index (χ1v) is 7.34. The molecular formula is C16H24O4. The number of rotatable bonds is 6. The minimum absolute atomic E-state index is 0.224. The van der Waals surface area contributed by atoms with E-state index in [4.69, 9.17) is 9.47 Å². The molecule has 0 unspecified atom stereocenters. The van der Waals surface area contributed by atoms with E-state index in [0.717, 1.165) is 25.7 Å². The van der Waals surface area contributed by atoms with E-state index in [2.05, 4.69) is 0 Å². The molecule has 1 aliphatic rings. The van der Waals surface area contributed by atoms with Crippen molar-refractivity contribution >= 4 is 11.9 Å². The normalized spacial score (nSPS) is 18.3. The van der Waals surface area contributed by atoms with Gasteiger partial charge in [0.2, 0.25) is 0 Å². The van der Waals surface area contributed by atoms with Crippen molar-refractivity contribution in [1.29, 1.82) is 0 Å². The Morgan fingerprint density at radius 1 is 0.900 bits per heavy atom. The lowest BCUT2D eigenvalue weighted by Crippen LogP contribution is -2.20. The molecule has 112 valence electrons. The molecule has 1 rings (SSSR count). The lowest BCUT2D eigenvalue weighted by molar-refractivity contribution is -0.138. The number of hydrogen-bond acceptors (Lipinski definition) is 4. The summed E-state index contributed by atoms with van der Waals surface area (Å²) in [5.41, 5.74) is -0.224. The zero-order valence-corrected chi connectivity index (χ0v) is 12.4. The zero-order chi connectivity index (χ0) is 14.8. The molecule has 1 aliphatic carbocycles. The summed E-state index contributed by atoms with van der Waals surface area (Å²) in [5.74, 6) is -0.663. The van der Waals surface area contributed by atoms with Gasteiger partial charge in [-0.2, -0.15) is 0 Å². The first-order valence-electron chi connectivity index (χ1n) is 7.34. The van der Waals surface area contributed by atoms with Crippen LogP contribution in [0.25, 0.3) is 0 Å². The minimum Gasteiger partial charge on any atom is -0.463 e. The van der Waals surface area contributed by atoms with Crippen LogP contribution in [-0.2, 0) is 19.1 Å². The average Bonchev–Trinajstić information content (AvgIpc) is 2.45. The summed E-state index contributed by atoms with van der Waals surface area (Å²) < 4.78 is 9.80. The van der Waals surface area contributed by atoms with Gasteiger partial charge in [-0.3, -0.25) is 0 Å². The highest BCUT2D eigenvalue weighted by atomic mass is 16.5. The van der Waals surface area contributed by atoms with Gasteiger partial charge in [0.25, 0.3) is 0 Å². The fourth-order valence-corrected chi connectivity index (χ4v) is 2.45.